The largest absolute Gasteiger partial charge is 0.494 e. The van der Waals surface area contributed by atoms with E-state index in [0.717, 1.165) is 40.2 Å². The van der Waals surface area contributed by atoms with Crippen LogP contribution in [-0.4, -0.2) is 46.8 Å². The summed E-state index contributed by atoms with van der Waals surface area (Å²) in [5, 5.41) is 14.7. The van der Waals surface area contributed by atoms with Crippen LogP contribution in [0.1, 0.15) is 55.5 Å². The summed E-state index contributed by atoms with van der Waals surface area (Å²) in [5.41, 5.74) is 5.85. The number of hydrogen-bond acceptors (Lipinski definition) is 7. The summed E-state index contributed by atoms with van der Waals surface area (Å²) in [6, 6.07) is 9.16. The Morgan fingerprint density at radius 2 is 1.76 bits per heavy atom. The van der Waals surface area contributed by atoms with Crippen molar-refractivity contribution in [2.45, 2.75) is 45.6 Å². The molecular formula is C31H30Cl2N4O7S. The average Bonchev–Trinajstić information content (AvgIpc) is 3.67. The lowest BCUT2D eigenvalue weighted by atomic mass is 9.98. The van der Waals surface area contributed by atoms with Gasteiger partial charge in [0.1, 0.15) is 11.4 Å². The van der Waals surface area contributed by atoms with Crippen molar-refractivity contribution in [3.63, 3.8) is 0 Å². The highest BCUT2D eigenvalue weighted by atomic mass is 35.5. The van der Waals surface area contributed by atoms with Crippen LogP contribution >= 0.6 is 23.2 Å². The number of nitrogens with zero attached hydrogens (tertiary/aromatic N) is 2. The number of aromatic nitrogens is 3. The molecule has 2 aromatic carbocycles. The van der Waals surface area contributed by atoms with Gasteiger partial charge in [0.2, 0.25) is 10.9 Å². The van der Waals surface area contributed by atoms with Crippen molar-refractivity contribution in [3.8, 4) is 16.9 Å². The molecule has 236 valence electrons. The zero-order chi connectivity index (χ0) is 32.8. The number of carbonyl (C=O) groups is 2. The third-order valence-corrected chi connectivity index (χ3v) is 9.67. The Bertz CT molecular complexity index is 2070. The maximum atomic E-state index is 13.6. The molecule has 45 heavy (non-hydrogen) atoms. The van der Waals surface area contributed by atoms with Crippen LogP contribution in [0.2, 0.25) is 10.0 Å². The van der Waals surface area contributed by atoms with Crippen molar-refractivity contribution >= 4 is 56.0 Å². The number of rotatable bonds is 10. The quantitative estimate of drug-likeness (QED) is 0.141. The van der Waals surface area contributed by atoms with Crippen molar-refractivity contribution < 1.29 is 32.3 Å². The second-order valence-corrected chi connectivity index (χ2v) is 13.1. The number of amides is 1. The van der Waals surface area contributed by atoms with E-state index in [1.54, 1.807) is 16.8 Å². The molecule has 3 N–H and O–H groups in total. The summed E-state index contributed by atoms with van der Waals surface area (Å²) < 4.78 is 40.7. The topological polar surface area (TPSA) is 157 Å². The van der Waals surface area contributed by atoms with E-state index in [0.29, 0.717) is 57.3 Å². The van der Waals surface area contributed by atoms with Crippen LogP contribution in [0.3, 0.4) is 0 Å². The molecule has 0 saturated carbocycles. The zero-order valence-electron chi connectivity index (χ0n) is 25.0. The van der Waals surface area contributed by atoms with Gasteiger partial charge in [0.15, 0.2) is 0 Å². The van der Waals surface area contributed by atoms with Crippen molar-refractivity contribution in [2.75, 3.05) is 6.61 Å². The summed E-state index contributed by atoms with van der Waals surface area (Å²) in [7, 11) is -2.74. The molecule has 3 aromatic heterocycles. The van der Waals surface area contributed by atoms with E-state index in [-0.39, 0.29) is 5.69 Å². The molecule has 0 bridgehead atoms. The molecule has 0 aliphatic rings. The van der Waals surface area contributed by atoms with Crippen LogP contribution in [0, 0.1) is 27.7 Å². The molecule has 0 atom stereocenters. The Labute approximate surface area is 269 Å². The number of ether oxygens (including phenoxy) is 1. The van der Waals surface area contributed by atoms with E-state index in [2.05, 4.69) is 10.1 Å². The number of nitrogens with one attached hydrogen (secondary N) is 2. The first-order valence-electron chi connectivity index (χ1n) is 13.8. The first-order valence-corrected chi connectivity index (χ1v) is 16.1. The minimum Gasteiger partial charge on any atom is -0.494 e. The molecule has 0 spiro atoms. The van der Waals surface area contributed by atoms with Crippen molar-refractivity contribution in [3.05, 3.63) is 86.0 Å². The second kappa shape index (κ2) is 12.3. The highest BCUT2D eigenvalue weighted by Gasteiger charge is 2.28. The summed E-state index contributed by atoms with van der Waals surface area (Å²) in [6.07, 6.45) is 0.814. The lowest BCUT2D eigenvalue weighted by Gasteiger charge is -2.11. The van der Waals surface area contributed by atoms with Gasteiger partial charge in [-0.25, -0.2) is 9.52 Å². The Balaban J connectivity index is 1.53. The Hall–Kier alpha value is -4.26. The van der Waals surface area contributed by atoms with Gasteiger partial charge in [0.25, 0.3) is 15.9 Å². The molecule has 0 saturated heterocycles. The van der Waals surface area contributed by atoms with E-state index in [9.17, 15) is 18.0 Å². The smallest absolute Gasteiger partial charge is 0.371 e. The van der Waals surface area contributed by atoms with Gasteiger partial charge < -0.3 is 19.2 Å². The maximum Gasteiger partial charge on any atom is 0.371 e. The number of halogens is 2. The monoisotopic (exact) mass is 672 g/mol. The summed E-state index contributed by atoms with van der Waals surface area (Å²) in [6.45, 7) is 7.85. The molecule has 3 heterocycles. The minimum absolute atomic E-state index is 0.000478. The van der Waals surface area contributed by atoms with Gasteiger partial charge in [-0.2, -0.15) is 13.5 Å². The second-order valence-electron chi connectivity index (χ2n) is 10.7. The van der Waals surface area contributed by atoms with Gasteiger partial charge in [-0.3, -0.25) is 9.48 Å². The number of fused-ring (bicyclic) bond motifs is 1. The van der Waals surface area contributed by atoms with E-state index in [1.807, 2.05) is 51.6 Å². The van der Waals surface area contributed by atoms with Gasteiger partial charge in [0.05, 0.1) is 22.8 Å². The number of H-pyrrole nitrogens is 1. The average molecular weight is 674 g/mol. The number of carbonyl (C=O) groups excluding carboxylic acids is 1. The fraction of sp³-hybridized carbons (Fsp3) is 0.258. The molecule has 5 rings (SSSR count). The molecule has 5 aromatic rings. The van der Waals surface area contributed by atoms with Crippen LogP contribution in [0.15, 0.2) is 45.9 Å². The van der Waals surface area contributed by atoms with Gasteiger partial charge in [-0.05, 0) is 87.6 Å². The van der Waals surface area contributed by atoms with E-state index in [4.69, 9.17) is 37.5 Å². The highest BCUT2D eigenvalue weighted by Crippen LogP contribution is 2.40. The molecule has 0 radical (unpaired) electrons. The SMILES string of the molecule is Cc1cc(OCCCc2c(C(=O)NS(=O)(=O)c3ccc(C(=O)O)o3)[nH]c3c(-c4c(C)nn(C)c4C)c(Cl)ccc23)cc(C)c1Cl. The maximum absolute atomic E-state index is 13.6. The predicted molar refractivity (Wildman–Crippen MR) is 170 cm³/mol. The molecule has 0 aliphatic carbocycles. The number of benzene rings is 2. The third-order valence-electron chi connectivity index (χ3n) is 7.55. The zero-order valence-corrected chi connectivity index (χ0v) is 27.4. The predicted octanol–water partition coefficient (Wildman–Crippen LogP) is 6.53. The normalized spacial score (nSPS) is 11.7. The van der Waals surface area contributed by atoms with Gasteiger partial charge >= 0.3 is 5.97 Å². The third kappa shape index (κ3) is 6.18. The standard InChI is InChI=1S/C31H30Cl2N4O7S/c1-15-13-19(14-16(2)27(15)33)43-12-6-7-20-21-8-9-22(32)26(25-17(3)35-37(5)18(25)4)28(21)34-29(20)30(38)36-45(41,42)24-11-10-23(44-24)31(39)40/h8-11,13-14,34H,6-7,12H2,1-5H3,(H,36,38)(H,39,40). The van der Waals surface area contributed by atoms with E-state index in [1.165, 1.54) is 0 Å². The molecule has 0 aliphatic heterocycles. The molecule has 0 fully saturated rings. The molecule has 14 heteroatoms. The Kier molecular flexibility index (Phi) is 8.76. The highest BCUT2D eigenvalue weighted by molar-refractivity contribution is 7.90. The molecule has 1 amide bonds. The number of carboxylic acids is 1. The van der Waals surface area contributed by atoms with Crippen LogP contribution in [0.25, 0.3) is 22.0 Å². The lowest BCUT2D eigenvalue weighted by molar-refractivity contribution is 0.0656. The summed E-state index contributed by atoms with van der Waals surface area (Å²) in [4.78, 5) is 28.0. The number of aromatic carboxylic acids is 1. The minimum atomic E-state index is -4.55. The summed E-state index contributed by atoms with van der Waals surface area (Å²) in [5.74, 6) is -2.33. The first-order chi connectivity index (χ1) is 21.2. The number of furan rings is 1. The van der Waals surface area contributed by atoms with Gasteiger partial charge in [-0.1, -0.05) is 29.3 Å². The fourth-order valence-corrected chi connectivity index (χ4v) is 6.61. The van der Waals surface area contributed by atoms with Crippen molar-refractivity contribution in [2.24, 2.45) is 7.05 Å². The fourth-order valence-electron chi connectivity index (χ4n) is 5.36. The number of sulfonamides is 1. The van der Waals surface area contributed by atoms with Gasteiger partial charge in [-0.15, -0.1) is 0 Å². The molecular weight excluding hydrogens is 643 g/mol. The molecule has 11 nitrogen and oxygen atoms in total. The van der Waals surface area contributed by atoms with Crippen LogP contribution < -0.4 is 9.46 Å². The number of aromatic amines is 1. The lowest BCUT2D eigenvalue weighted by Crippen LogP contribution is -2.31. The van der Waals surface area contributed by atoms with Crippen LogP contribution in [0.5, 0.6) is 5.75 Å². The summed E-state index contributed by atoms with van der Waals surface area (Å²) >= 11 is 13.0. The van der Waals surface area contributed by atoms with Crippen LogP contribution in [-0.2, 0) is 23.5 Å². The molecule has 0 unspecified atom stereocenters. The van der Waals surface area contributed by atoms with E-state index >= 15 is 0 Å². The van der Waals surface area contributed by atoms with Crippen molar-refractivity contribution in [1.29, 1.82) is 0 Å². The number of hydrogen-bond donors (Lipinski definition) is 3. The number of aryl methyl sites for hydroxylation is 5. The Morgan fingerprint density at radius 1 is 1.07 bits per heavy atom. The Morgan fingerprint density at radius 3 is 2.36 bits per heavy atom. The van der Waals surface area contributed by atoms with E-state index < -0.39 is 32.8 Å². The van der Waals surface area contributed by atoms with Crippen LogP contribution in [0.4, 0.5) is 0 Å². The van der Waals surface area contributed by atoms with Crippen molar-refractivity contribution in [1.82, 2.24) is 19.5 Å². The van der Waals surface area contributed by atoms with Gasteiger partial charge in [0, 0.05) is 34.3 Å². The first kappa shape index (κ1) is 32.1. The number of carboxylic acid groups (broad SMARTS) is 1.